The Morgan fingerprint density at radius 3 is 2.37 bits per heavy atom. The van der Waals surface area contributed by atoms with Crippen molar-refractivity contribution in [3.63, 3.8) is 0 Å². The average molecular weight is 266 g/mol. The number of carboxylic acid groups (broad SMARTS) is 1. The van der Waals surface area contributed by atoms with Crippen molar-refractivity contribution >= 4 is 11.9 Å². The first-order valence-electron chi connectivity index (χ1n) is 5.93. The van der Waals surface area contributed by atoms with Crippen LogP contribution < -0.4 is 10.6 Å². The quantitative estimate of drug-likeness (QED) is 0.552. The van der Waals surface area contributed by atoms with Gasteiger partial charge in [-0.2, -0.15) is 0 Å². The van der Waals surface area contributed by atoms with E-state index in [0.29, 0.717) is 0 Å². The average Bonchev–Trinajstić information content (AvgIpc) is 2.38. The first-order valence-corrected chi connectivity index (χ1v) is 5.93. The summed E-state index contributed by atoms with van der Waals surface area (Å²) in [5.41, 5.74) is 0.858. The lowest BCUT2D eigenvalue weighted by molar-refractivity contribution is -0.141. The number of carbonyl (C=O) groups excluding carboxylic acids is 1. The minimum atomic E-state index is -1.12. The smallest absolute Gasteiger partial charge is 0.327 e. The van der Waals surface area contributed by atoms with E-state index in [0.717, 1.165) is 5.56 Å². The van der Waals surface area contributed by atoms with Crippen LogP contribution in [0.3, 0.4) is 0 Å². The fourth-order valence-corrected chi connectivity index (χ4v) is 1.68. The number of aliphatic carboxylic acids is 1. The van der Waals surface area contributed by atoms with E-state index in [4.69, 9.17) is 5.11 Å². The minimum Gasteiger partial charge on any atom is -0.480 e. The van der Waals surface area contributed by atoms with Gasteiger partial charge in [0.1, 0.15) is 6.04 Å². The van der Waals surface area contributed by atoms with Crippen molar-refractivity contribution in [3.05, 3.63) is 35.9 Å². The molecule has 0 heterocycles. The lowest BCUT2D eigenvalue weighted by Crippen LogP contribution is -2.47. The molecule has 0 aromatic heterocycles. The maximum absolute atomic E-state index is 11.0. The van der Waals surface area contributed by atoms with Gasteiger partial charge >= 0.3 is 5.97 Å². The van der Waals surface area contributed by atoms with Gasteiger partial charge in [0.25, 0.3) is 0 Å². The van der Waals surface area contributed by atoms with Crippen LogP contribution in [0.25, 0.3) is 0 Å². The molecule has 0 fully saturated rings. The molecule has 6 heteroatoms. The van der Waals surface area contributed by atoms with Crippen molar-refractivity contribution in [2.75, 3.05) is 13.2 Å². The highest BCUT2D eigenvalue weighted by Gasteiger charge is 2.20. The van der Waals surface area contributed by atoms with E-state index in [1.807, 2.05) is 30.3 Å². The van der Waals surface area contributed by atoms with Gasteiger partial charge in [0, 0.05) is 13.5 Å². The summed E-state index contributed by atoms with van der Waals surface area (Å²) in [5.74, 6) is -1.53. The maximum atomic E-state index is 11.0. The van der Waals surface area contributed by atoms with Crippen LogP contribution in [0.1, 0.15) is 18.5 Å². The Labute approximate surface area is 111 Å². The molecule has 0 spiro atoms. The Kier molecular flexibility index (Phi) is 5.98. The zero-order chi connectivity index (χ0) is 14.3. The third-order valence-corrected chi connectivity index (χ3v) is 2.63. The number of hydrogen-bond acceptors (Lipinski definition) is 4. The van der Waals surface area contributed by atoms with Crippen molar-refractivity contribution in [1.82, 2.24) is 10.6 Å². The number of rotatable bonds is 7. The van der Waals surface area contributed by atoms with Crippen molar-refractivity contribution < 1.29 is 19.8 Å². The summed E-state index contributed by atoms with van der Waals surface area (Å²) in [6, 6.07) is 7.82. The van der Waals surface area contributed by atoms with E-state index in [9.17, 15) is 14.7 Å². The van der Waals surface area contributed by atoms with Crippen LogP contribution in [0.15, 0.2) is 30.3 Å². The van der Waals surface area contributed by atoms with Crippen LogP contribution in [0.5, 0.6) is 0 Å². The predicted octanol–water partition coefficient (Wildman–Crippen LogP) is -0.101. The number of aliphatic hydroxyl groups is 1. The number of nitrogens with one attached hydrogen (secondary N) is 2. The number of amides is 1. The third kappa shape index (κ3) is 5.07. The molecule has 0 saturated heterocycles. The normalized spacial score (nSPS) is 13.6. The molecule has 0 radical (unpaired) electrons. The van der Waals surface area contributed by atoms with Gasteiger partial charge in [-0.1, -0.05) is 30.3 Å². The molecule has 1 aromatic carbocycles. The van der Waals surface area contributed by atoms with E-state index in [1.165, 1.54) is 6.92 Å². The van der Waals surface area contributed by atoms with Gasteiger partial charge in [0.2, 0.25) is 5.91 Å². The Morgan fingerprint density at radius 1 is 1.26 bits per heavy atom. The fourth-order valence-electron chi connectivity index (χ4n) is 1.68. The van der Waals surface area contributed by atoms with Crippen LogP contribution in [0, 0.1) is 0 Å². The molecule has 104 valence electrons. The second kappa shape index (κ2) is 7.50. The van der Waals surface area contributed by atoms with Crippen molar-refractivity contribution in [2.45, 2.75) is 19.0 Å². The minimum absolute atomic E-state index is 0.0367. The Hall–Kier alpha value is -1.92. The topological polar surface area (TPSA) is 98.7 Å². The first-order chi connectivity index (χ1) is 9.04. The summed E-state index contributed by atoms with van der Waals surface area (Å²) in [6.07, 6.45) is 0. The van der Waals surface area contributed by atoms with E-state index in [1.54, 1.807) is 0 Å². The molecule has 4 N–H and O–H groups in total. The molecule has 1 aromatic rings. The third-order valence-electron chi connectivity index (χ3n) is 2.63. The van der Waals surface area contributed by atoms with Gasteiger partial charge in [0.15, 0.2) is 0 Å². The maximum Gasteiger partial charge on any atom is 0.327 e. The molecule has 1 rings (SSSR count). The Balaban J connectivity index is 2.61. The number of benzene rings is 1. The number of carbonyl (C=O) groups is 2. The summed E-state index contributed by atoms with van der Waals surface area (Å²) >= 11 is 0. The van der Waals surface area contributed by atoms with Gasteiger partial charge in [-0.25, -0.2) is 4.79 Å². The molecule has 2 atom stereocenters. The molecule has 6 nitrogen and oxygen atoms in total. The van der Waals surface area contributed by atoms with Gasteiger partial charge in [-0.15, -0.1) is 0 Å². The zero-order valence-electron chi connectivity index (χ0n) is 10.7. The molecule has 0 bridgehead atoms. The van der Waals surface area contributed by atoms with E-state index < -0.39 is 17.9 Å². The predicted molar refractivity (Wildman–Crippen MR) is 69.5 cm³/mol. The van der Waals surface area contributed by atoms with Crippen LogP contribution in [-0.2, 0) is 9.59 Å². The van der Waals surface area contributed by atoms with Crippen LogP contribution in [-0.4, -0.2) is 41.3 Å². The van der Waals surface area contributed by atoms with Crippen LogP contribution >= 0.6 is 0 Å². The SMILES string of the molecule is CC(=O)NC(CNC(CO)c1ccccc1)C(=O)O. The molecule has 19 heavy (non-hydrogen) atoms. The lowest BCUT2D eigenvalue weighted by Gasteiger charge is -2.20. The van der Waals surface area contributed by atoms with Gasteiger partial charge in [0.05, 0.1) is 12.6 Å². The summed E-state index contributed by atoms with van der Waals surface area (Å²) in [5, 5.41) is 23.5. The van der Waals surface area contributed by atoms with E-state index >= 15 is 0 Å². The van der Waals surface area contributed by atoms with Crippen molar-refractivity contribution in [1.29, 1.82) is 0 Å². The highest BCUT2D eigenvalue weighted by Crippen LogP contribution is 2.11. The summed E-state index contributed by atoms with van der Waals surface area (Å²) in [6.45, 7) is 1.14. The lowest BCUT2D eigenvalue weighted by atomic mass is 10.1. The first kappa shape index (κ1) is 15.1. The number of aliphatic hydroxyl groups excluding tert-OH is 1. The van der Waals surface area contributed by atoms with Gasteiger partial charge in [-0.05, 0) is 5.56 Å². The second-order valence-electron chi connectivity index (χ2n) is 4.15. The summed E-state index contributed by atoms with van der Waals surface area (Å²) < 4.78 is 0. The number of carboxylic acids is 1. The molecular formula is C13H18N2O4. The molecular weight excluding hydrogens is 248 g/mol. The summed E-state index contributed by atoms with van der Waals surface area (Å²) in [7, 11) is 0. The van der Waals surface area contributed by atoms with Crippen LogP contribution in [0.4, 0.5) is 0 Å². The molecule has 0 aliphatic rings. The van der Waals surface area contributed by atoms with Gasteiger partial charge < -0.3 is 20.8 Å². The van der Waals surface area contributed by atoms with Crippen LogP contribution in [0.2, 0.25) is 0 Å². The zero-order valence-corrected chi connectivity index (χ0v) is 10.7. The second-order valence-corrected chi connectivity index (χ2v) is 4.15. The molecule has 0 aliphatic carbocycles. The molecule has 0 saturated carbocycles. The number of hydrogen-bond donors (Lipinski definition) is 4. The highest BCUT2D eigenvalue weighted by atomic mass is 16.4. The van der Waals surface area contributed by atoms with E-state index in [2.05, 4.69) is 10.6 Å². The Bertz CT molecular complexity index is 422. The summed E-state index contributed by atoms with van der Waals surface area (Å²) in [4.78, 5) is 21.8. The molecule has 1 amide bonds. The van der Waals surface area contributed by atoms with Crippen molar-refractivity contribution in [2.24, 2.45) is 0 Å². The monoisotopic (exact) mass is 266 g/mol. The molecule has 2 unspecified atom stereocenters. The van der Waals surface area contributed by atoms with Crippen molar-refractivity contribution in [3.8, 4) is 0 Å². The molecule has 0 aliphatic heterocycles. The van der Waals surface area contributed by atoms with E-state index in [-0.39, 0.29) is 19.2 Å². The highest BCUT2D eigenvalue weighted by molar-refractivity contribution is 5.82. The standard InChI is InChI=1S/C13H18N2O4/c1-9(17)15-11(13(18)19)7-14-12(8-16)10-5-3-2-4-6-10/h2-6,11-12,14,16H,7-8H2,1H3,(H,15,17)(H,18,19). The Morgan fingerprint density at radius 2 is 1.89 bits per heavy atom. The fraction of sp³-hybridized carbons (Fsp3) is 0.385. The van der Waals surface area contributed by atoms with Gasteiger partial charge in [-0.3, -0.25) is 4.79 Å². The largest absolute Gasteiger partial charge is 0.480 e.